The topological polar surface area (TPSA) is 66.5 Å². The van der Waals surface area contributed by atoms with E-state index in [-0.39, 0.29) is 13.0 Å². The van der Waals surface area contributed by atoms with Crippen LogP contribution in [0.5, 0.6) is 5.75 Å². The highest BCUT2D eigenvalue weighted by Gasteiger charge is 2.18. The standard InChI is InChI=1S/C9H11F2NO2/c10-6-3-5(13)4-7(11)9(6)8(14)1-2-12/h3-4,8,13-14H,1-2,12H2. The van der Waals surface area contributed by atoms with Crippen LogP contribution in [-0.2, 0) is 0 Å². The van der Waals surface area contributed by atoms with Crippen LogP contribution in [0, 0.1) is 11.6 Å². The Bertz CT molecular complexity index is 308. The van der Waals surface area contributed by atoms with Gasteiger partial charge >= 0.3 is 0 Å². The van der Waals surface area contributed by atoms with Crippen molar-refractivity contribution in [3.05, 3.63) is 29.3 Å². The van der Waals surface area contributed by atoms with Crippen molar-refractivity contribution in [3.8, 4) is 5.75 Å². The lowest BCUT2D eigenvalue weighted by Crippen LogP contribution is -2.10. The van der Waals surface area contributed by atoms with Crippen LogP contribution >= 0.6 is 0 Å². The molecule has 0 radical (unpaired) electrons. The molecule has 0 aliphatic rings. The maximum atomic E-state index is 13.1. The van der Waals surface area contributed by atoms with Crippen molar-refractivity contribution in [1.82, 2.24) is 0 Å². The van der Waals surface area contributed by atoms with Gasteiger partial charge in [-0.1, -0.05) is 0 Å². The molecule has 5 heteroatoms. The summed E-state index contributed by atoms with van der Waals surface area (Å²) in [4.78, 5) is 0. The summed E-state index contributed by atoms with van der Waals surface area (Å²) in [7, 11) is 0. The zero-order valence-corrected chi connectivity index (χ0v) is 7.37. The van der Waals surface area contributed by atoms with Crippen LogP contribution < -0.4 is 5.73 Å². The van der Waals surface area contributed by atoms with E-state index in [9.17, 15) is 13.9 Å². The quantitative estimate of drug-likeness (QED) is 0.688. The predicted octanol–water partition coefficient (Wildman–Crippen LogP) is 1.05. The molecule has 1 aromatic carbocycles. The van der Waals surface area contributed by atoms with Crippen molar-refractivity contribution >= 4 is 0 Å². The molecule has 0 heterocycles. The van der Waals surface area contributed by atoms with Crippen molar-refractivity contribution in [3.63, 3.8) is 0 Å². The minimum absolute atomic E-state index is 0.0681. The molecule has 1 atom stereocenters. The first-order chi connectivity index (χ1) is 6.56. The highest BCUT2D eigenvalue weighted by molar-refractivity contribution is 5.30. The third-order valence-corrected chi connectivity index (χ3v) is 1.84. The van der Waals surface area contributed by atoms with E-state index in [0.717, 1.165) is 12.1 Å². The van der Waals surface area contributed by atoms with Crippen LogP contribution in [0.2, 0.25) is 0 Å². The van der Waals surface area contributed by atoms with Gasteiger partial charge in [0.15, 0.2) is 0 Å². The first-order valence-electron chi connectivity index (χ1n) is 4.12. The van der Waals surface area contributed by atoms with Gasteiger partial charge in [0.25, 0.3) is 0 Å². The number of hydrogen-bond donors (Lipinski definition) is 3. The Morgan fingerprint density at radius 2 is 1.79 bits per heavy atom. The molecule has 0 aliphatic heterocycles. The van der Waals surface area contributed by atoms with Crippen LogP contribution in [0.25, 0.3) is 0 Å². The number of aliphatic hydroxyl groups is 1. The zero-order valence-electron chi connectivity index (χ0n) is 7.37. The maximum absolute atomic E-state index is 13.1. The fraction of sp³-hybridized carbons (Fsp3) is 0.333. The summed E-state index contributed by atoms with van der Waals surface area (Å²) in [6, 6.07) is 1.50. The van der Waals surface area contributed by atoms with Crippen molar-refractivity contribution in [2.75, 3.05) is 6.54 Å². The van der Waals surface area contributed by atoms with E-state index in [1.807, 2.05) is 0 Å². The van der Waals surface area contributed by atoms with Gasteiger partial charge in [-0.2, -0.15) is 0 Å². The molecule has 1 aromatic rings. The highest BCUT2D eigenvalue weighted by atomic mass is 19.1. The second-order valence-electron chi connectivity index (χ2n) is 2.92. The second-order valence-corrected chi connectivity index (χ2v) is 2.92. The Labute approximate surface area is 79.8 Å². The Kier molecular flexibility index (Phi) is 3.38. The largest absolute Gasteiger partial charge is 0.508 e. The molecular formula is C9H11F2NO2. The molecule has 0 bridgehead atoms. The highest BCUT2D eigenvalue weighted by Crippen LogP contribution is 2.26. The molecule has 1 unspecified atom stereocenters. The van der Waals surface area contributed by atoms with Gasteiger partial charge in [-0.15, -0.1) is 0 Å². The first-order valence-corrected chi connectivity index (χ1v) is 4.12. The van der Waals surface area contributed by atoms with Gasteiger partial charge in [0.2, 0.25) is 0 Å². The van der Waals surface area contributed by atoms with Crippen LogP contribution in [0.3, 0.4) is 0 Å². The van der Waals surface area contributed by atoms with Crippen LogP contribution in [0.4, 0.5) is 8.78 Å². The van der Waals surface area contributed by atoms with Gasteiger partial charge in [0, 0.05) is 12.1 Å². The number of benzene rings is 1. The molecule has 14 heavy (non-hydrogen) atoms. The average Bonchev–Trinajstić information content (AvgIpc) is 2.01. The Hall–Kier alpha value is -1.20. The van der Waals surface area contributed by atoms with Crippen LogP contribution in [0.15, 0.2) is 12.1 Å². The van der Waals surface area contributed by atoms with Gasteiger partial charge in [-0.05, 0) is 13.0 Å². The number of phenolic OH excluding ortho intramolecular Hbond substituents is 1. The summed E-state index contributed by atoms with van der Waals surface area (Å²) < 4.78 is 26.2. The SMILES string of the molecule is NCCC(O)c1c(F)cc(O)cc1F. The lowest BCUT2D eigenvalue weighted by atomic mass is 10.1. The fourth-order valence-electron chi connectivity index (χ4n) is 1.19. The second kappa shape index (κ2) is 4.34. The van der Waals surface area contributed by atoms with Gasteiger partial charge in [0.05, 0.1) is 11.7 Å². The van der Waals surface area contributed by atoms with Crippen LogP contribution in [0.1, 0.15) is 18.1 Å². The normalized spacial score (nSPS) is 12.9. The van der Waals surface area contributed by atoms with Gasteiger partial charge in [0.1, 0.15) is 17.4 Å². The zero-order chi connectivity index (χ0) is 10.7. The Morgan fingerprint density at radius 1 is 1.29 bits per heavy atom. The number of halogens is 2. The van der Waals surface area contributed by atoms with E-state index in [1.165, 1.54) is 0 Å². The van der Waals surface area contributed by atoms with Gasteiger partial charge in [-0.3, -0.25) is 0 Å². The minimum atomic E-state index is -1.28. The van der Waals surface area contributed by atoms with E-state index in [1.54, 1.807) is 0 Å². The smallest absolute Gasteiger partial charge is 0.135 e. The van der Waals surface area contributed by atoms with Crippen LogP contribution in [-0.4, -0.2) is 16.8 Å². The molecule has 4 N–H and O–H groups in total. The molecule has 0 aromatic heterocycles. The molecule has 0 saturated heterocycles. The number of aromatic hydroxyl groups is 1. The monoisotopic (exact) mass is 203 g/mol. The van der Waals surface area contributed by atoms with E-state index in [4.69, 9.17) is 10.8 Å². The van der Waals surface area contributed by atoms with E-state index in [0.29, 0.717) is 0 Å². The number of hydrogen-bond acceptors (Lipinski definition) is 3. The Morgan fingerprint density at radius 3 is 2.21 bits per heavy atom. The van der Waals surface area contributed by atoms with Crippen molar-refractivity contribution in [1.29, 1.82) is 0 Å². The van der Waals surface area contributed by atoms with Crippen molar-refractivity contribution in [2.45, 2.75) is 12.5 Å². The molecule has 0 fully saturated rings. The fourth-order valence-corrected chi connectivity index (χ4v) is 1.19. The third-order valence-electron chi connectivity index (χ3n) is 1.84. The molecule has 3 nitrogen and oxygen atoms in total. The van der Waals surface area contributed by atoms with E-state index in [2.05, 4.69) is 0 Å². The summed E-state index contributed by atoms with van der Waals surface area (Å²) >= 11 is 0. The molecular weight excluding hydrogens is 192 g/mol. The third kappa shape index (κ3) is 2.18. The van der Waals surface area contributed by atoms with E-state index < -0.39 is 29.1 Å². The summed E-state index contributed by atoms with van der Waals surface area (Å²) in [6.07, 6.45) is -1.21. The summed E-state index contributed by atoms with van der Waals surface area (Å²) in [5, 5.41) is 18.2. The minimum Gasteiger partial charge on any atom is -0.508 e. The first kappa shape index (κ1) is 10.9. The number of phenols is 1. The molecule has 0 amide bonds. The average molecular weight is 203 g/mol. The molecule has 0 spiro atoms. The molecule has 1 rings (SSSR count). The summed E-state index contributed by atoms with van der Waals surface area (Å²) in [5.74, 6) is -2.45. The lowest BCUT2D eigenvalue weighted by Gasteiger charge is -2.11. The molecule has 0 saturated carbocycles. The van der Waals surface area contributed by atoms with Gasteiger partial charge in [-0.25, -0.2) is 8.78 Å². The Balaban J connectivity index is 3.07. The lowest BCUT2D eigenvalue weighted by molar-refractivity contribution is 0.160. The maximum Gasteiger partial charge on any atom is 0.135 e. The van der Waals surface area contributed by atoms with Gasteiger partial charge < -0.3 is 15.9 Å². The summed E-state index contributed by atoms with van der Waals surface area (Å²) in [5.41, 5.74) is 4.69. The number of aliphatic hydroxyl groups excluding tert-OH is 1. The van der Waals surface area contributed by atoms with E-state index >= 15 is 0 Å². The van der Waals surface area contributed by atoms with Crippen molar-refractivity contribution in [2.24, 2.45) is 5.73 Å². The van der Waals surface area contributed by atoms with Crippen molar-refractivity contribution < 1.29 is 19.0 Å². The molecule has 0 aliphatic carbocycles. The number of rotatable bonds is 3. The molecule has 78 valence electrons. The number of nitrogens with two attached hydrogens (primary N) is 1. The predicted molar refractivity (Wildman–Crippen MR) is 46.7 cm³/mol. The summed E-state index contributed by atoms with van der Waals surface area (Å²) in [6.45, 7) is 0.126.